The van der Waals surface area contributed by atoms with Gasteiger partial charge in [-0.2, -0.15) is 13.2 Å². The first-order chi connectivity index (χ1) is 9.38. The molecule has 0 spiro atoms. The summed E-state index contributed by atoms with van der Waals surface area (Å²) in [5.74, 6) is 0. The monoisotopic (exact) mass is 281 g/mol. The fraction of sp³-hybridized carbons (Fsp3) is 0.214. The second-order valence-corrected chi connectivity index (χ2v) is 4.45. The number of hydrogen-bond acceptors (Lipinski definition) is 3. The van der Waals surface area contributed by atoms with Gasteiger partial charge in [0.25, 0.3) is 0 Å². The van der Waals surface area contributed by atoms with Gasteiger partial charge < -0.3 is 10.6 Å². The molecule has 0 unspecified atom stereocenters. The summed E-state index contributed by atoms with van der Waals surface area (Å²) in [6.45, 7) is 1.90. The topological polar surface area (TPSA) is 41.6 Å². The Bertz CT molecular complexity index is 586. The zero-order valence-corrected chi connectivity index (χ0v) is 10.9. The smallest absolute Gasteiger partial charge is 0.399 e. The molecule has 1 aromatic rings. The highest BCUT2D eigenvalue weighted by Gasteiger charge is 2.33. The average Bonchev–Trinajstić information content (AvgIpc) is 2.56. The average molecular weight is 281 g/mol. The van der Waals surface area contributed by atoms with Gasteiger partial charge in [-0.1, -0.05) is 6.07 Å². The van der Waals surface area contributed by atoms with Crippen molar-refractivity contribution >= 4 is 11.9 Å². The van der Waals surface area contributed by atoms with Gasteiger partial charge in [-0.05, 0) is 30.7 Å². The fourth-order valence-corrected chi connectivity index (χ4v) is 1.89. The minimum absolute atomic E-state index is 0.100. The number of halogens is 3. The molecule has 0 aromatic heterocycles. The van der Waals surface area contributed by atoms with Crippen molar-refractivity contribution in [1.29, 1.82) is 0 Å². The van der Waals surface area contributed by atoms with Crippen LogP contribution in [0.3, 0.4) is 0 Å². The molecule has 2 rings (SSSR count). The van der Waals surface area contributed by atoms with E-state index in [2.05, 4.69) is 4.99 Å². The SMILES string of the molecule is CC1=CN=CC=CN1Cc1ccc(N)cc1C(F)(F)F. The minimum Gasteiger partial charge on any atom is -0.399 e. The van der Waals surface area contributed by atoms with E-state index in [-0.39, 0.29) is 17.8 Å². The second-order valence-electron chi connectivity index (χ2n) is 4.45. The number of benzene rings is 1. The normalized spacial score (nSPS) is 15.2. The van der Waals surface area contributed by atoms with E-state index in [1.54, 1.807) is 36.5 Å². The maximum absolute atomic E-state index is 13.0. The van der Waals surface area contributed by atoms with Crippen LogP contribution < -0.4 is 5.73 Å². The summed E-state index contributed by atoms with van der Waals surface area (Å²) >= 11 is 0. The number of nitrogens with two attached hydrogens (primary N) is 1. The lowest BCUT2D eigenvalue weighted by Gasteiger charge is -2.22. The van der Waals surface area contributed by atoms with Crippen molar-refractivity contribution in [2.45, 2.75) is 19.6 Å². The van der Waals surface area contributed by atoms with E-state index in [1.165, 1.54) is 12.1 Å². The van der Waals surface area contributed by atoms with Crippen molar-refractivity contribution in [3.63, 3.8) is 0 Å². The third-order valence-electron chi connectivity index (χ3n) is 2.93. The zero-order valence-electron chi connectivity index (χ0n) is 10.9. The van der Waals surface area contributed by atoms with Crippen molar-refractivity contribution in [3.8, 4) is 0 Å². The number of allylic oxidation sites excluding steroid dienone is 2. The molecule has 1 heterocycles. The number of hydrogen-bond donors (Lipinski definition) is 1. The molecule has 0 aliphatic carbocycles. The van der Waals surface area contributed by atoms with Crippen molar-refractivity contribution < 1.29 is 13.2 Å². The molecule has 1 aromatic carbocycles. The van der Waals surface area contributed by atoms with Gasteiger partial charge in [0.05, 0.1) is 5.56 Å². The van der Waals surface area contributed by atoms with Crippen LogP contribution in [0.5, 0.6) is 0 Å². The second kappa shape index (κ2) is 5.40. The van der Waals surface area contributed by atoms with E-state index in [1.807, 2.05) is 0 Å². The number of anilines is 1. The predicted octanol–water partition coefficient (Wildman–Crippen LogP) is 3.55. The maximum Gasteiger partial charge on any atom is 0.416 e. The van der Waals surface area contributed by atoms with Gasteiger partial charge in [-0.3, -0.25) is 4.99 Å². The Morgan fingerprint density at radius 3 is 2.75 bits per heavy atom. The molecular formula is C14H14F3N3. The first-order valence-corrected chi connectivity index (χ1v) is 5.97. The van der Waals surface area contributed by atoms with Crippen molar-refractivity contribution in [2.75, 3.05) is 5.73 Å². The summed E-state index contributed by atoms with van der Waals surface area (Å²) in [6, 6.07) is 3.85. The molecule has 0 saturated heterocycles. The quantitative estimate of drug-likeness (QED) is 0.842. The molecule has 0 bridgehead atoms. The predicted molar refractivity (Wildman–Crippen MR) is 72.8 cm³/mol. The summed E-state index contributed by atoms with van der Waals surface area (Å²) in [6.07, 6.45) is 2.13. The van der Waals surface area contributed by atoms with Crippen LogP contribution in [-0.4, -0.2) is 11.1 Å². The number of nitrogens with zero attached hydrogens (tertiary/aromatic N) is 2. The summed E-state index contributed by atoms with van der Waals surface area (Å²) < 4.78 is 39.1. The van der Waals surface area contributed by atoms with Gasteiger partial charge >= 0.3 is 6.18 Å². The molecule has 1 aliphatic heterocycles. The molecule has 1 aliphatic rings. The minimum atomic E-state index is -4.42. The van der Waals surface area contributed by atoms with Gasteiger partial charge in [-0.25, -0.2) is 0 Å². The lowest BCUT2D eigenvalue weighted by Crippen LogP contribution is -2.18. The molecule has 106 valence electrons. The summed E-state index contributed by atoms with van der Waals surface area (Å²) in [4.78, 5) is 5.67. The van der Waals surface area contributed by atoms with Gasteiger partial charge in [0.1, 0.15) is 0 Å². The standard InChI is InChI=1S/C14H14F3N3/c1-10-8-19-5-2-6-20(10)9-11-3-4-12(18)7-13(11)14(15,16)17/h2-8H,9,18H2,1H3. The molecule has 6 heteroatoms. The van der Waals surface area contributed by atoms with Crippen LogP contribution in [-0.2, 0) is 12.7 Å². The van der Waals surface area contributed by atoms with Crippen LogP contribution in [0, 0.1) is 0 Å². The van der Waals surface area contributed by atoms with Crippen molar-refractivity contribution in [3.05, 3.63) is 53.5 Å². The Labute approximate surface area is 114 Å². The van der Waals surface area contributed by atoms with E-state index in [4.69, 9.17) is 5.73 Å². The zero-order chi connectivity index (χ0) is 14.8. The van der Waals surface area contributed by atoms with Gasteiger partial charge in [0.15, 0.2) is 0 Å². The molecule has 3 nitrogen and oxygen atoms in total. The van der Waals surface area contributed by atoms with Crippen LogP contribution in [0.2, 0.25) is 0 Å². The van der Waals surface area contributed by atoms with Crippen LogP contribution in [0.1, 0.15) is 18.1 Å². The van der Waals surface area contributed by atoms with E-state index in [0.717, 1.165) is 11.8 Å². The molecule has 0 fully saturated rings. The Morgan fingerprint density at radius 2 is 2.05 bits per heavy atom. The summed E-state index contributed by atoms with van der Waals surface area (Å²) in [5.41, 5.74) is 5.78. The maximum atomic E-state index is 13.0. The van der Waals surface area contributed by atoms with E-state index in [9.17, 15) is 13.2 Å². The van der Waals surface area contributed by atoms with Gasteiger partial charge in [0.2, 0.25) is 0 Å². The van der Waals surface area contributed by atoms with Gasteiger partial charge in [0, 0.05) is 36.5 Å². The van der Waals surface area contributed by atoms with Crippen molar-refractivity contribution in [1.82, 2.24) is 4.90 Å². The highest BCUT2D eigenvalue weighted by molar-refractivity contribution is 5.72. The van der Waals surface area contributed by atoms with E-state index < -0.39 is 11.7 Å². The van der Waals surface area contributed by atoms with Crippen LogP contribution in [0.4, 0.5) is 18.9 Å². The fourth-order valence-electron chi connectivity index (χ4n) is 1.89. The number of alkyl halides is 3. The molecular weight excluding hydrogens is 267 g/mol. The number of nitrogen functional groups attached to an aromatic ring is 1. The third-order valence-corrected chi connectivity index (χ3v) is 2.93. The number of rotatable bonds is 2. The largest absolute Gasteiger partial charge is 0.416 e. The lowest BCUT2D eigenvalue weighted by molar-refractivity contribution is -0.138. The summed E-state index contributed by atoms with van der Waals surface area (Å²) in [5, 5.41) is 0. The summed E-state index contributed by atoms with van der Waals surface area (Å²) in [7, 11) is 0. The first kappa shape index (κ1) is 14.2. The Kier molecular flexibility index (Phi) is 3.83. The van der Waals surface area contributed by atoms with E-state index in [0.29, 0.717) is 0 Å². The molecule has 0 radical (unpaired) electrons. The highest BCUT2D eigenvalue weighted by Crippen LogP contribution is 2.34. The Hall–Kier alpha value is -2.24. The van der Waals surface area contributed by atoms with Crippen LogP contribution >= 0.6 is 0 Å². The Morgan fingerprint density at radius 1 is 1.30 bits per heavy atom. The number of aliphatic imine (C=N–C) groups is 1. The first-order valence-electron chi connectivity index (χ1n) is 5.97. The third kappa shape index (κ3) is 3.20. The molecule has 0 saturated carbocycles. The molecule has 0 amide bonds. The van der Waals surface area contributed by atoms with Crippen LogP contribution in [0.25, 0.3) is 0 Å². The van der Waals surface area contributed by atoms with E-state index >= 15 is 0 Å². The lowest BCUT2D eigenvalue weighted by atomic mass is 10.1. The Balaban J connectivity index is 2.34. The highest BCUT2D eigenvalue weighted by atomic mass is 19.4. The van der Waals surface area contributed by atoms with Crippen LogP contribution in [0.15, 0.2) is 47.4 Å². The molecule has 20 heavy (non-hydrogen) atoms. The van der Waals surface area contributed by atoms with Gasteiger partial charge in [-0.15, -0.1) is 0 Å². The molecule has 0 atom stereocenters. The molecule has 2 N–H and O–H groups in total. The van der Waals surface area contributed by atoms with Crippen molar-refractivity contribution in [2.24, 2.45) is 4.99 Å².